The van der Waals surface area contributed by atoms with Crippen molar-refractivity contribution in [1.82, 2.24) is 10.1 Å². The van der Waals surface area contributed by atoms with Gasteiger partial charge in [0.25, 0.3) is 11.8 Å². The van der Waals surface area contributed by atoms with Gasteiger partial charge in [0.2, 0.25) is 5.82 Å². The molecule has 0 aliphatic carbocycles. The number of carbonyl (C=O) groups excluding carboxylic acids is 1. The fourth-order valence-electron chi connectivity index (χ4n) is 3.60. The van der Waals surface area contributed by atoms with Crippen molar-refractivity contribution >= 4 is 11.6 Å². The summed E-state index contributed by atoms with van der Waals surface area (Å²) in [5.41, 5.74) is 3.81. The number of fused-ring (bicyclic) bond motifs is 1. The first-order valence-corrected chi connectivity index (χ1v) is 9.29. The molecule has 0 N–H and O–H groups in total. The van der Waals surface area contributed by atoms with Gasteiger partial charge >= 0.3 is 0 Å². The van der Waals surface area contributed by atoms with E-state index in [-0.39, 0.29) is 17.6 Å². The third-order valence-electron chi connectivity index (χ3n) is 5.05. The van der Waals surface area contributed by atoms with E-state index >= 15 is 0 Å². The predicted octanol–water partition coefficient (Wildman–Crippen LogP) is 4.75. The number of hydrogen-bond donors (Lipinski definition) is 0. The van der Waals surface area contributed by atoms with E-state index < -0.39 is 0 Å². The Morgan fingerprint density at radius 3 is 2.59 bits per heavy atom. The zero-order valence-electron chi connectivity index (χ0n) is 15.4. The molecular weight excluding hydrogens is 369 g/mol. The van der Waals surface area contributed by atoms with E-state index in [1.807, 2.05) is 36.4 Å². The van der Waals surface area contributed by atoms with Gasteiger partial charge in [-0.1, -0.05) is 35.5 Å². The third-order valence-corrected chi connectivity index (χ3v) is 5.05. The Kier molecular flexibility index (Phi) is 4.17. The van der Waals surface area contributed by atoms with Crippen molar-refractivity contribution in [2.45, 2.75) is 6.42 Å². The van der Waals surface area contributed by atoms with Crippen molar-refractivity contribution in [2.75, 3.05) is 11.4 Å². The second-order valence-electron chi connectivity index (χ2n) is 6.81. The minimum Gasteiger partial charge on any atom is -0.334 e. The number of halogens is 1. The van der Waals surface area contributed by atoms with Crippen LogP contribution in [0.1, 0.15) is 15.9 Å². The summed E-state index contributed by atoms with van der Waals surface area (Å²) in [4.78, 5) is 19.5. The third kappa shape index (κ3) is 3.08. The summed E-state index contributed by atoms with van der Waals surface area (Å²) in [6, 6.07) is 21.0. The first kappa shape index (κ1) is 17.3. The molecular formula is C23H16FN3O2. The number of aromatic nitrogens is 2. The minimum absolute atomic E-state index is 0.105. The molecule has 6 heteroatoms. The smallest absolute Gasteiger partial charge is 0.259 e. The van der Waals surface area contributed by atoms with Crippen molar-refractivity contribution in [3.63, 3.8) is 0 Å². The Balaban J connectivity index is 1.51. The fraction of sp³-hybridized carbons (Fsp3) is 0.0870. The van der Waals surface area contributed by atoms with E-state index in [1.165, 1.54) is 12.1 Å². The molecule has 1 amide bonds. The van der Waals surface area contributed by atoms with Gasteiger partial charge in [-0.15, -0.1) is 0 Å². The average molecular weight is 385 g/mol. The van der Waals surface area contributed by atoms with Crippen LogP contribution in [0.25, 0.3) is 22.8 Å². The Morgan fingerprint density at radius 1 is 0.966 bits per heavy atom. The van der Waals surface area contributed by atoms with Crippen molar-refractivity contribution in [1.29, 1.82) is 0 Å². The van der Waals surface area contributed by atoms with Crippen LogP contribution in [0.5, 0.6) is 0 Å². The summed E-state index contributed by atoms with van der Waals surface area (Å²) < 4.78 is 18.6. The lowest BCUT2D eigenvalue weighted by molar-refractivity contribution is 0.0989. The van der Waals surface area contributed by atoms with Crippen LogP contribution in [-0.4, -0.2) is 22.6 Å². The number of para-hydroxylation sites is 1. The number of rotatable bonds is 3. The highest BCUT2D eigenvalue weighted by molar-refractivity contribution is 6.10. The monoisotopic (exact) mass is 385 g/mol. The molecule has 5 nitrogen and oxygen atoms in total. The lowest BCUT2D eigenvalue weighted by Crippen LogP contribution is -2.29. The topological polar surface area (TPSA) is 59.2 Å². The van der Waals surface area contributed by atoms with Gasteiger partial charge in [0.1, 0.15) is 5.82 Å². The van der Waals surface area contributed by atoms with Crippen molar-refractivity contribution in [2.24, 2.45) is 0 Å². The Labute approximate surface area is 166 Å². The van der Waals surface area contributed by atoms with E-state index in [0.29, 0.717) is 29.1 Å². The number of nitrogens with zero attached hydrogens (tertiary/aromatic N) is 3. The molecule has 2 heterocycles. The van der Waals surface area contributed by atoms with E-state index in [1.54, 1.807) is 29.2 Å². The molecule has 4 aromatic rings. The highest BCUT2D eigenvalue weighted by Gasteiger charge is 2.28. The molecule has 0 saturated heterocycles. The Bertz CT molecular complexity index is 1200. The maximum Gasteiger partial charge on any atom is 0.259 e. The Morgan fingerprint density at radius 2 is 1.72 bits per heavy atom. The zero-order valence-corrected chi connectivity index (χ0v) is 15.4. The molecule has 5 rings (SSSR count). The summed E-state index contributed by atoms with van der Waals surface area (Å²) in [7, 11) is 0. The molecule has 0 bridgehead atoms. The summed E-state index contributed by atoms with van der Waals surface area (Å²) in [5.74, 6) is 0.154. The summed E-state index contributed by atoms with van der Waals surface area (Å²) in [6.45, 7) is 0.636. The van der Waals surface area contributed by atoms with E-state index in [0.717, 1.165) is 17.7 Å². The van der Waals surface area contributed by atoms with Crippen LogP contribution in [0.15, 0.2) is 77.3 Å². The van der Waals surface area contributed by atoms with Crippen LogP contribution in [0.4, 0.5) is 10.1 Å². The normalized spacial score (nSPS) is 12.8. The highest BCUT2D eigenvalue weighted by Crippen LogP contribution is 2.32. The Hall–Kier alpha value is -3.80. The van der Waals surface area contributed by atoms with Gasteiger partial charge in [-0.25, -0.2) is 4.39 Å². The van der Waals surface area contributed by atoms with Gasteiger partial charge < -0.3 is 9.42 Å². The number of benzene rings is 3. The standard InChI is InChI=1S/C23H16FN3O2/c24-17-11-9-16(10-12-17)21-25-22(29-26-21)18-6-2-3-7-19(18)23(28)27-14-13-15-5-1-4-8-20(15)27/h1-12H,13-14H2. The molecule has 0 fully saturated rings. The van der Waals surface area contributed by atoms with Crippen LogP contribution in [0.2, 0.25) is 0 Å². The molecule has 1 aliphatic heterocycles. The van der Waals surface area contributed by atoms with Crippen LogP contribution < -0.4 is 4.90 Å². The van der Waals surface area contributed by atoms with Crippen molar-refractivity contribution < 1.29 is 13.7 Å². The van der Waals surface area contributed by atoms with Gasteiger partial charge in [-0.2, -0.15) is 4.98 Å². The van der Waals surface area contributed by atoms with Crippen LogP contribution in [-0.2, 0) is 6.42 Å². The van der Waals surface area contributed by atoms with Crippen LogP contribution in [0.3, 0.4) is 0 Å². The molecule has 0 atom stereocenters. The van der Waals surface area contributed by atoms with Crippen molar-refractivity contribution in [3.05, 3.63) is 89.7 Å². The molecule has 29 heavy (non-hydrogen) atoms. The first-order valence-electron chi connectivity index (χ1n) is 9.29. The highest BCUT2D eigenvalue weighted by atomic mass is 19.1. The summed E-state index contributed by atoms with van der Waals surface area (Å²) in [5, 5.41) is 3.99. The largest absolute Gasteiger partial charge is 0.334 e. The predicted molar refractivity (Wildman–Crippen MR) is 107 cm³/mol. The van der Waals surface area contributed by atoms with Gasteiger partial charge in [-0.05, 0) is 54.4 Å². The van der Waals surface area contributed by atoms with Crippen LogP contribution >= 0.6 is 0 Å². The first-order chi connectivity index (χ1) is 14.2. The van der Waals surface area contributed by atoms with Gasteiger partial charge in [0.15, 0.2) is 0 Å². The molecule has 0 spiro atoms. The number of hydrogen-bond acceptors (Lipinski definition) is 4. The van der Waals surface area contributed by atoms with Gasteiger partial charge in [0, 0.05) is 17.8 Å². The molecule has 1 aromatic heterocycles. The zero-order chi connectivity index (χ0) is 19.8. The van der Waals surface area contributed by atoms with E-state index in [2.05, 4.69) is 10.1 Å². The van der Waals surface area contributed by atoms with Gasteiger partial charge in [-0.3, -0.25) is 4.79 Å². The number of amides is 1. The average Bonchev–Trinajstić information content (AvgIpc) is 3.41. The van der Waals surface area contributed by atoms with E-state index in [4.69, 9.17) is 4.52 Å². The molecule has 0 unspecified atom stereocenters. The van der Waals surface area contributed by atoms with Crippen molar-refractivity contribution in [3.8, 4) is 22.8 Å². The minimum atomic E-state index is -0.334. The molecule has 3 aromatic carbocycles. The van der Waals surface area contributed by atoms with E-state index in [9.17, 15) is 9.18 Å². The molecule has 1 aliphatic rings. The quantitative estimate of drug-likeness (QED) is 0.511. The molecule has 0 radical (unpaired) electrons. The summed E-state index contributed by atoms with van der Waals surface area (Å²) in [6.07, 6.45) is 0.833. The van der Waals surface area contributed by atoms with Gasteiger partial charge in [0.05, 0.1) is 11.1 Å². The van der Waals surface area contributed by atoms with Crippen LogP contribution in [0, 0.1) is 5.82 Å². The SMILES string of the molecule is O=C(c1ccccc1-c1nc(-c2ccc(F)cc2)no1)N1CCc2ccccc21. The maximum absolute atomic E-state index is 13.3. The molecule has 0 saturated carbocycles. The second-order valence-corrected chi connectivity index (χ2v) is 6.81. The maximum atomic E-state index is 13.3. The lowest BCUT2D eigenvalue weighted by atomic mass is 10.1. The second kappa shape index (κ2) is 6.98. The molecule has 142 valence electrons. The number of anilines is 1. The lowest BCUT2D eigenvalue weighted by Gasteiger charge is -2.18. The summed E-state index contributed by atoms with van der Waals surface area (Å²) >= 11 is 0. The fourth-order valence-corrected chi connectivity index (χ4v) is 3.60. The number of carbonyl (C=O) groups is 1.